The number of pyridine rings is 1. The van der Waals surface area contributed by atoms with Crippen molar-refractivity contribution in [1.29, 1.82) is 0 Å². The van der Waals surface area contributed by atoms with Gasteiger partial charge in [-0.05, 0) is 12.1 Å². The van der Waals surface area contributed by atoms with E-state index in [1.165, 1.54) is 0 Å². The highest BCUT2D eigenvalue weighted by Gasteiger charge is 2.18. The van der Waals surface area contributed by atoms with Crippen LogP contribution in [-0.4, -0.2) is 51.1 Å². The molecule has 7 nitrogen and oxygen atoms in total. The molecule has 1 aliphatic rings. The minimum absolute atomic E-state index is 0.565. The van der Waals surface area contributed by atoms with Gasteiger partial charge in [0.05, 0.1) is 17.6 Å². The molecular weight excluding hydrogens is 254 g/mol. The predicted molar refractivity (Wildman–Crippen MR) is 77.1 cm³/mol. The Balaban J connectivity index is 1.55. The number of nitrogen functional groups attached to an aromatic ring is 1. The molecule has 20 heavy (non-hydrogen) atoms. The predicted octanol–water partition coefficient (Wildman–Crippen LogP) is 0.115. The molecule has 0 atom stereocenters. The van der Waals surface area contributed by atoms with E-state index < -0.39 is 0 Å². The van der Waals surface area contributed by atoms with Crippen LogP contribution in [0.4, 0.5) is 11.5 Å². The molecule has 2 aromatic rings. The highest BCUT2D eigenvalue weighted by atomic mass is 15.4. The van der Waals surface area contributed by atoms with Crippen LogP contribution >= 0.6 is 0 Å². The number of anilines is 2. The van der Waals surface area contributed by atoms with Gasteiger partial charge in [-0.25, -0.2) is 4.98 Å². The van der Waals surface area contributed by atoms with Crippen molar-refractivity contribution < 1.29 is 0 Å². The molecule has 3 rings (SSSR count). The van der Waals surface area contributed by atoms with Crippen molar-refractivity contribution in [1.82, 2.24) is 24.9 Å². The summed E-state index contributed by atoms with van der Waals surface area (Å²) in [7, 11) is 1.89. The average molecular weight is 273 g/mol. The maximum atomic E-state index is 5.61. The molecule has 0 spiro atoms. The fraction of sp³-hybridized carbons (Fsp3) is 0.462. The van der Waals surface area contributed by atoms with Crippen LogP contribution in [0.2, 0.25) is 0 Å². The van der Waals surface area contributed by atoms with Crippen LogP contribution in [-0.2, 0) is 13.6 Å². The van der Waals surface area contributed by atoms with Gasteiger partial charge in [0.2, 0.25) is 0 Å². The van der Waals surface area contributed by atoms with Crippen LogP contribution in [0.5, 0.6) is 0 Å². The van der Waals surface area contributed by atoms with Crippen molar-refractivity contribution in [3.05, 3.63) is 30.2 Å². The van der Waals surface area contributed by atoms with Gasteiger partial charge in [0, 0.05) is 46.0 Å². The lowest BCUT2D eigenvalue weighted by molar-refractivity contribution is 0.247. The summed E-state index contributed by atoms with van der Waals surface area (Å²) in [5.74, 6) is 0.565. The molecule has 2 aromatic heterocycles. The third-order valence-corrected chi connectivity index (χ3v) is 3.54. The molecule has 0 unspecified atom stereocenters. The highest BCUT2D eigenvalue weighted by Crippen LogP contribution is 2.16. The fourth-order valence-corrected chi connectivity index (χ4v) is 2.45. The standard InChI is InChI=1S/C13H19N7/c1-18-9-11(16-17-18)10-19-4-6-20(7-5-19)12-2-3-13(14)15-8-12/h2-3,8-9H,4-7,10H2,1H3,(H2,14,15). The molecule has 1 saturated heterocycles. The van der Waals surface area contributed by atoms with E-state index in [4.69, 9.17) is 5.73 Å². The number of piperazine rings is 1. The van der Waals surface area contributed by atoms with Gasteiger partial charge in [0.15, 0.2) is 0 Å². The number of nitrogens with two attached hydrogens (primary N) is 1. The van der Waals surface area contributed by atoms with Gasteiger partial charge in [-0.2, -0.15) is 0 Å². The zero-order chi connectivity index (χ0) is 13.9. The lowest BCUT2D eigenvalue weighted by atomic mass is 10.2. The van der Waals surface area contributed by atoms with E-state index >= 15 is 0 Å². The summed E-state index contributed by atoms with van der Waals surface area (Å²) in [5, 5.41) is 8.09. The molecule has 3 heterocycles. The topological polar surface area (TPSA) is 76.1 Å². The second kappa shape index (κ2) is 5.46. The molecule has 106 valence electrons. The van der Waals surface area contributed by atoms with E-state index in [0.29, 0.717) is 5.82 Å². The Labute approximate surface area is 118 Å². The number of hydrogen-bond donors (Lipinski definition) is 1. The van der Waals surface area contributed by atoms with Gasteiger partial charge >= 0.3 is 0 Å². The maximum Gasteiger partial charge on any atom is 0.123 e. The van der Waals surface area contributed by atoms with Crippen molar-refractivity contribution in [2.45, 2.75) is 6.54 Å². The van der Waals surface area contributed by atoms with E-state index in [1.54, 1.807) is 4.68 Å². The third kappa shape index (κ3) is 2.88. The van der Waals surface area contributed by atoms with Crippen molar-refractivity contribution in [2.24, 2.45) is 7.05 Å². The van der Waals surface area contributed by atoms with Crippen molar-refractivity contribution in [3.63, 3.8) is 0 Å². The van der Waals surface area contributed by atoms with Crippen molar-refractivity contribution in [3.8, 4) is 0 Å². The Morgan fingerprint density at radius 1 is 1.20 bits per heavy atom. The molecule has 7 heteroatoms. The first-order valence-corrected chi connectivity index (χ1v) is 6.75. The number of aromatic nitrogens is 4. The van der Waals surface area contributed by atoms with Crippen LogP contribution < -0.4 is 10.6 Å². The third-order valence-electron chi connectivity index (χ3n) is 3.54. The SMILES string of the molecule is Cn1cc(CN2CCN(c3ccc(N)nc3)CC2)nn1. The Bertz CT molecular complexity index is 554. The molecular formula is C13H19N7. The quantitative estimate of drug-likeness (QED) is 0.855. The van der Waals surface area contributed by atoms with Gasteiger partial charge in [0.1, 0.15) is 5.82 Å². The minimum Gasteiger partial charge on any atom is -0.384 e. The zero-order valence-corrected chi connectivity index (χ0v) is 11.6. The van der Waals surface area contributed by atoms with Gasteiger partial charge in [0.25, 0.3) is 0 Å². The summed E-state index contributed by atoms with van der Waals surface area (Å²) in [6.45, 7) is 4.88. The largest absolute Gasteiger partial charge is 0.384 e. The number of nitrogens with zero attached hydrogens (tertiary/aromatic N) is 6. The smallest absolute Gasteiger partial charge is 0.123 e. The first-order valence-electron chi connectivity index (χ1n) is 6.75. The lowest BCUT2D eigenvalue weighted by Gasteiger charge is -2.35. The van der Waals surface area contributed by atoms with Crippen molar-refractivity contribution in [2.75, 3.05) is 36.8 Å². The van der Waals surface area contributed by atoms with Crippen LogP contribution in [0.1, 0.15) is 5.69 Å². The Hall–Kier alpha value is -2.15. The second-order valence-corrected chi connectivity index (χ2v) is 5.09. The summed E-state index contributed by atoms with van der Waals surface area (Å²) in [4.78, 5) is 8.87. The Morgan fingerprint density at radius 2 is 2.00 bits per heavy atom. The maximum absolute atomic E-state index is 5.61. The first kappa shape index (κ1) is 12.9. The molecule has 0 amide bonds. The van der Waals surface area contributed by atoms with E-state index in [2.05, 4.69) is 25.1 Å². The van der Waals surface area contributed by atoms with Crippen molar-refractivity contribution >= 4 is 11.5 Å². The summed E-state index contributed by atoms with van der Waals surface area (Å²) >= 11 is 0. The average Bonchev–Trinajstić information content (AvgIpc) is 2.86. The number of aryl methyl sites for hydroxylation is 1. The van der Waals surface area contributed by atoms with Gasteiger partial charge in [-0.3, -0.25) is 9.58 Å². The monoisotopic (exact) mass is 273 g/mol. The van der Waals surface area contributed by atoms with E-state index in [1.807, 2.05) is 31.6 Å². The Morgan fingerprint density at radius 3 is 2.60 bits per heavy atom. The summed E-state index contributed by atoms with van der Waals surface area (Å²) in [5.41, 5.74) is 7.77. The summed E-state index contributed by atoms with van der Waals surface area (Å²) in [6, 6.07) is 3.88. The van der Waals surface area contributed by atoms with Crippen LogP contribution in [0.15, 0.2) is 24.5 Å². The van der Waals surface area contributed by atoms with E-state index in [0.717, 1.165) is 44.1 Å². The van der Waals surface area contributed by atoms with Crippen LogP contribution in [0.25, 0.3) is 0 Å². The van der Waals surface area contributed by atoms with Gasteiger partial charge in [-0.15, -0.1) is 5.10 Å². The van der Waals surface area contributed by atoms with Gasteiger partial charge in [-0.1, -0.05) is 5.21 Å². The van der Waals surface area contributed by atoms with Crippen LogP contribution in [0, 0.1) is 0 Å². The second-order valence-electron chi connectivity index (χ2n) is 5.09. The fourth-order valence-electron chi connectivity index (χ4n) is 2.45. The summed E-state index contributed by atoms with van der Waals surface area (Å²) < 4.78 is 1.74. The summed E-state index contributed by atoms with van der Waals surface area (Å²) in [6.07, 6.45) is 3.81. The molecule has 0 aromatic carbocycles. The molecule has 0 radical (unpaired) electrons. The highest BCUT2D eigenvalue weighted by molar-refractivity contribution is 5.48. The number of rotatable bonds is 3. The lowest BCUT2D eigenvalue weighted by Crippen LogP contribution is -2.46. The molecule has 1 fully saturated rings. The Kier molecular flexibility index (Phi) is 3.51. The van der Waals surface area contributed by atoms with E-state index in [9.17, 15) is 0 Å². The minimum atomic E-state index is 0.565. The zero-order valence-electron chi connectivity index (χ0n) is 11.6. The molecule has 0 bridgehead atoms. The van der Waals surface area contributed by atoms with E-state index in [-0.39, 0.29) is 0 Å². The first-order chi connectivity index (χ1) is 9.70. The molecule has 0 saturated carbocycles. The van der Waals surface area contributed by atoms with Gasteiger partial charge < -0.3 is 10.6 Å². The number of hydrogen-bond acceptors (Lipinski definition) is 6. The normalized spacial score (nSPS) is 16.6. The molecule has 1 aliphatic heterocycles. The molecule has 2 N–H and O–H groups in total. The van der Waals surface area contributed by atoms with Crippen LogP contribution in [0.3, 0.4) is 0 Å². The molecule has 0 aliphatic carbocycles.